The lowest BCUT2D eigenvalue weighted by atomic mass is 10.0. The topological polar surface area (TPSA) is 94.3 Å². The zero-order chi connectivity index (χ0) is 24.1. The number of hydrogen-bond acceptors (Lipinski definition) is 4. The lowest BCUT2D eigenvalue weighted by Crippen LogP contribution is -2.24. The van der Waals surface area contributed by atoms with Gasteiger partial charge in [-0.25, -0.2) is 13.8 Å². The van der Waals surface area contributed by atoms with Crippen LogP contribution in [-0.4, -0.2) is 16.8 Å². The van der Waals surface area contributed by atoms with E-state index in [0.717, 1.165) is 5.56 Å². The Hall–Kier alpha value is -4.59. The molecule has 0 aliphatic carbocycles. The fourth-order valence-corrected chi connectivity index (χ4v) is 3.23. The molecule has 6 nitrogen and oxygen atoms in total. The first-order chi connectivity index (χ1) is 16.4. The molecule has 8 heteroatoms. The van der Waals surface area contributed by atoms with E-state index in [1.54, 1.807) is 42.5 Å². The molecule has 4 rings (SSSR count). The van der Waals surface area contributed by atoms with E-state index < -0.39 is 23.4 Å². The van der Waals surface area contributed by atoms with Crippen LogP contribution in [0.1, 0.15) is 26.3 Å². The molecule has 0 saturated carbocycles. The van der Waals surface area contributed by atoms with Crippen LogP contribution in [0.3, 0.4) is 0 Å². The van der Waals surface area contributed by atoms with Crippen LogP contribution in [0.4, 0.5) is 8.78 Å². The molecule has 0 aliphatic rings. The Kier molecular flexibility index (Phi) is 6.59. The number of nitrogens with two attached hydrogens (primary N) is 1. The molecule has 3 aromatic carbocycles. The molecule has 0 spiro atoms. The standard InChI is InChI=1S/C26H19F2N3O3/c27-20-9-11-21(12-10-20)34-26-22(2-1-13-30-26)25(33)31-15-19-8-7-18(14-23(19)28)16-3-5-17(6-4-16)24(29)32/h1-14H,15H2,(H2,29,32)(H,31,33). The number of hydrogen-bond donors (Lipinski definition) is 2. The summed E-state index contributed by atoms with van der Waals surface area (Å²) in [6, 6.07) is 19.6. The van der Waals surface area contributed by atoms with Gasteiger partial charge in [-0.1, -0.05) is 24.3 Å². The number of benzene rings is 3. The van der Waals surface area contributed by atoms with E-state index in [1.165, 1.54) is 42.6 Å². The summed E-state index contributed by atoms with van der Waals surface area (Å²) >= 11 is 0. The molecule has 0 saturated heterocycles. The smallest absolute Gasteiger partial charge is 0.257 e. The van der Waals surface area contributed by atoms with Crippen molar-refractivity contribution in [1.29, 1.82) is 0 Å². The third-order valence-electron chi connectivity index (χ3n) is 5.04. The van der Waals surface area contributed by atoms with Crippen molar-refractivity contribution in [2.45, 2.75) is 6.54 Å². The van der Waals surface area contributed by atoms with Crippen LogP contribution in [-0.2, 0) is 6.54 Å². The number of pyridine rings is 1. The summed E-state index contributed by atoms with van der Waals surface area (Å²) in [6.07, 6.45) is 1.46. The highest BCUT2D eigenvalue weighted by molar-refractivity contribution is 5.96. The average Bonchev–Trinajstić information content (AvgIpc) is 2.85. The molecule has 0 atom stereocenters. The number of carbonyl (C=O) groups excluding carboxylic acids is 2. The fraction of sp³-hybridized carbons (Fsp3) is 0.0385. The number of nitrogens with one attached hydrogen (secondary N) is 1. The highest BCUT2D eigenvalue weighted by Crippen LogP contribution is 2.24. The summed E-state index contributed by atoms with van der Waals surface area (Å²) < 4.78 is 33.4. The second kappa shape index (κ2) is 9.91. The predicted molar refractivity (Wildman–Crippen MR) is 122 cm³/mol. The van der Waals surface area contributed by atoms with Crippen LogP contribution in [0.15, 0.2) is 85.1 Å². The van der Waals surface area contributed by atoms with E-state index in [9.17, 15) is 18.4 Å². The Morgan fingerprint density at radius 2 is 1.62 bits per heavy atom. The van der Waals surface area contributed by atoms with Crippen LogP contribution < -0.4 is 15.8 Å². The molecule has 3 N–H and O–H groups in total. The Bertz CT molecular complexity index is 1340. The maximum absolute atomic E-state index is 14.7. The summed E-state index contributed by atoms with van der Waals surface area (Å²) in [5.74, 6) is -1.59. The lowest BCUT2D eigenvalue weighted by molar-refractivity contribution is 0.0946. The lowest BCUT2D eigenvalue weighted by Gasteiger charge is -2.11. The van der Waals surface area contributed by atoms with Gasteiger partial charge in [0.25, 0.3) is 5.91 Å². The number of ether oxygens (including phenoxy) is 1. The molecule has 0 aliphatic heterocycles. The van der Waals surface area contributed by atoms with Gasteiger partial charge in [-0.15, -0.1) is 0 Å². The van der Waals surface area contributed by atoms with Crippen LogP contribution in [0.25, 0.3) is 11.1 Å². The third kappa shape index (κ3) is 5.24. The highest BCUT2D eigenvalue weighted by Gasteiger charge is 2.15. The molecule has 0 unspecified atom stereocenters. The molecule has 1 aromatic heterocycles. The van der Waals surface area contributed by atoms with E-state index >= 15 is 0 Å². The molecule has 0 radical (unpaired) electrons. The Balaban J connectivity index is 1.45. The van der Waals surface area contributed by atoms with E-state index in [0.29, 0.717) is 16.9 Å². The molecule has 1 heterocycles. The largest absolute Gasteiger partial charge is 0.438 e. The van der Waals surface area contributed by atoms with E-state index in [4.69, 9.17) is 10.5 Å². The monoisotopic (exact) mass is 459 g/mol. The number of rotatable bonds is 7. The van der Waals surface area contributed by atoms with Gasteiger partial charge in [-0.05, 0) is 65.7 Å². The molecule has 4 aromatic rings. The van der Waals surface area contributed by atoms with Crippen LogP contribution in [0, 0.1) is 11.6 Å². The summed E-state index contributed by atoms with van der Waals surface area (Å²) in [5.41, 5.74) is 7.38. The first-order valence-electron chi connectivity index (χ1n) is 10.3. The Morgan fingerprint density at radius 3 is 2.29 bits per heavy atom. The van der Waals surface area contributed by atoms with Gasteiger partial charge < -0.3 is 15.8 Å². The van der Waals surface area contributed by atoms with Gasteiger partial charge in [0, 0.05) is 23.9 Å². The number of aromatic nitrogens is 1. The van der Waals surface area contributed by atoms with Gasteiger partial charge in [0.1, 0.15) is 22.9 Å². The molecule has 2 amide bonds. The van der Waals surface area contributed by atoms with Crippen molar-refractivity contribution < 1.29 is 23.1 Å². The molecular weight excluding hydrogens is 440 g/mol. The normalized spacial score (nSPS) is 10.5. The maximum atomic E-state index is 14.7. The van der Waals surface area contributed by atoms with Crippen molar-refractivity contribution in [3.8, 4) is 22.8 Å². The highest BCUT2D eigenvalue weighted by atomic mass is 19.1. The van der Waals surface area contributed by atoms with Crippen molar-refractivity contribution in [2.75, 3.05) is 0 Å². The van der Waals surface area contributed by atoms with Crippen LogP contribution >= 0.6 is 0 Å². The predicted octanol–water partition coefficient (Wildman–Crippen LogP) is 4.85. The van der Waals surface area contributed by atoms with E-state index in [2.05, 4.69) is 10.3 Å². The minimum absolute atomic E-state index is 0.0434. The van der Waals surface area contributed by atoms with Gasteiger partial charge >= 0.3 is 0 Å². The number of nitrogens with zero attached hydrogens (tertiary/aromatic N) is 1. The third-order valence-corrected chi connectivity index (χ3v) is 5.04. The molecular formula is C26H19F2N3O3. The molecule has 0 bridgehead atoms. The number of carbonyl (C=O) groups is 2. The van der Waals surface area contributed by atoms with Gasteiger partial charge in [-0.2, -0.15) is 0 Å². The van der Waals surface area contributed by atoms with Gasteiger partial charge in [0.15, 0.2) is 0 Å². The summed E-state index contributed by atoms with van der Waals surface area (Å²) in [4.78, 5) is 28.0. The molecule has 34 heavy (non-hydrogen) atoms. The average molecular weight is 459 g/mol. The zero-order valence-electron chi connectivity index (χ0n) is 17.8. The van der Waals surface area contributed by atoms with Gasteiger partial charge in [0.05, 0.1) is 0 Å². The van der Waals surface area contributed by atoms with Crippen molar-refractivity contribution in [2.24, 2.45) is 5.73 Å². The van der Waals surface area contributed by atoms with Crippen LogP contribution in [0.2, 0.25) is 0 Å². The molecule has 170 valence electrons. The summed E-state index contributed by atoms with van der Waals surface area (Å²) in [5, 5.41) is 2.66. The summed E-state index contributed by atoms with van der Waals surface area (Å²) in [6.45, 7) is -0.0591. The first kappa shape index (κ1) is 22.6. The zero-order valence-corrected chi connectivity index (χ0v) is 17.8. The Morgan fingerprint density at radius 1 is 0.912 bits per heavy atom. The molecule has 0 fully saturated rings. The minimum Gasteiger partial charge on any atom is -0.438 e. The van der Waals surface area contributed by atoms with E-state index in [1.807, 2.05) is 0 Å². The number of amides is 2. The minimum atomic E-state index is -0.538. The SMILES string of the molecule is NC(=O)c1ccc(-c2ccc(CNC(=O)c3cccnc3Oc3ccc(F)cc3)c(F)c2)cc1. The van der Waals surface area contributed by atoms with Crippen molar-refractivity contribution >= 4 is 11.8 Å². The first-order valence-corrected chi connectivity index (χ1v) is 10.3. The van der Waals surface area contributed by atoms with E-state index in [-0.39, 0.29) is 23.6 Å². The maximum Gasteiger partial charge on any atom is 0.257 e. The Labute approximate surface area is 194 Å². The second-order valence-electron chi connectivity index (χ2n) is 7.34. The fourth-order valence-electron chi connectivity index (χ4n) is 3.23. The second-order valence-corrected chi connectivity index (χ2v) is 7.34. The van der Waals surface area contributed by atoms with Crippen molar-refractivity contribution in [3.05, 3.63) is 113 Å². The van der Waals surface area contributed by atoms with Gasteiger partial charge in [-0.3, -0.25) is 9.59 Å². The number of primary amides is 1. The van der Waals surface area contributed by atoms with Crippen LogP contribution in [0.5, 0.6) is 11.6 Å². The van der Waals surface area contributed by atoms with Crippen molar-refractivity contribution in [1.82, 2.24) is 10.3 Å². The quantitative estimate of drug-likeness (QED) is 0.413. The van der Waals surface area contributed by atoms with Gasteiger partial charge in [0.2, 0.25) is 11.8 Å². The van der Waals surface area contributed by atoms with Crippen molar-refractivity contribution in [3.63, 3.8) is 0 Å². The summed E-state index contributed by atoms with van der Waals surface area (Å²) in [7, 11) is 0. The number of halogens is 2.